The topological polar surface area (TPSA) is 58.6 Å². The van der Waals surface area contributed by atoms with E-state index in [0.29, 0.717) is 6.54 Å². The number of rotatable bonds is 5. The minimum Gasteiger partial charge on any atom is -0.497 e. The molecule has 0 spiro atoms. The highest BCUT2D eigenvalue weighted by Gasteiger charge is 2.14. The van der Waals surface area contributed by atoms with E-state index in [1.165, 1.54) is 6.92 Å². The smallest absolute Gasteiger partial charge is 0.216 e. The molecule has 2 rings (SSSR count). The Balaban J connectivity index is 2.42. The molecule has 1 amide bonds. The van der Waals surface area contributed by atoms with Crippen LogP contribution in [0.15, 0.2) is 36.4 Å². The highest BCUT2D eigenvalue weighted by atomic mass is 16.5. The number of carbonyl (C=O) groups is 1. The molecule has 1 unspecified atom stereocenters. The number of hydrogen-bond acceptors (Lipinski definition) is 3. The van der Waals surface area contributed by atoms with Gasteiger partial charge in [0.2, 0.25) is 5.91 Å². The molecule has 0 bridgehead atoms. The molecule has 0 saturated heterocycles. The van der Waals surface area contributed by atoms with Crippen molar-refractivity contribution in [3.05, 3.63) is 42.0 Å². The van der Waals surface area contributed by atoms with Gasteiger partial charge < -0.3 is 15.2 Å². The Morgan fingerprint density at radius 2 is 2.15 bits per heavy atom. The number of amides is 1. The number of methoxy groups -OCH3 is 1. The fourth-order valence-corrected chi connectivity index (χ4v) is 2.30. The van der Waals surface area contributed by atoms with Crippen molar-refractivity contribution < 1.29 is 14.6 Å². The zero-order valence-electron chi connectivity index (χ0n) is 11.7. The summed E-state index contributed by atoms with van der Waals surface area (Å²) >= 11 is 0. The van der Waals surface area contributed by atoms with Crippen molar-refractivity contribution in [2.75, 3.05) is 20.3 Å². The lowest BCUT2D eigenvalue weighted by Gasteiger charge is -2.17. The van der Waals surface area contributed by atoms with Crippen molar-refractivity contribution in [2.24, 2.45) is 0 Å². The molecule has 2 N–H and O–H groups in total. The molecule has 1 atom stereocenters. The third kappa shape index (κ3) is 3.08. The van der Waals surface area contributed by atoms with Gasteiger partial charge in [0.1, 0.15) is 5.75 Å². The molecule has 0 aromatic heterocycles. The van der Waals surface area contributed by atoms with Gasteiger partial charge in [-0.05, 0) is 28.5 Å². The monoisotopic (exact) mass is 273 g/mol. The van der Waals surface area contributed by atoms with Crippen LogP contribution in [0, 0.1) is 0 Å². The number of hydrogen-bond donors (Lipinski definition) is 2. The van der Waals surface area contributed by atoms with E-state index < -0.39 is 0 Å². The van der Waals surface area contributed by atoms with Gasteiger partial charge in [-0.2, -0.15) is 0 Å². The van der Waals surface area contributed by atoms with Gasteiger partial charge in [-0.3, -0.25) is 4.79 Å². The molecule has 4 heteroatoms. The molecule has 0 saturated carbocycles. The second-order valence-corrected chi connectivity index (χ2v) is 4.75. The van der Waals surface area contributed by atoms with Gasteiger partial charge in [-0.1, -0.05) is 24.3 Å². The second kappa shape index (κ2) is 6.39. The van der Waals surface area contributed by atoms with Gasteiger partial charge in [0.25, 0.3) is 0 Å². The Morgan fingerprint density at radius 3 is 2.80 bits per heavy atom. The summed E-state index contributed by atoms with van der Waals surface area (Å²) in [4.78, 5) is 11.0. The summed E-state index contributed by atoms with van der Waals surface area (Å²) in [6.45, 7) is 1.87. The van der Waals surface area contributed by atoms with Crippen LogP contribution < -0.4 is 10.1 Å². The summed E-state index contributed by atoms with van der Waals surface area (Å²) in [5, 5.41) is 14.5. The van der Waals surface area contributed by atoms with Crippen LogP contribution in [0.4, 0.5) is 0 Å². The lowest BCUT2D eigenvalue weighted by molar-refractivity contribution is -0.119. The van der Waals surface area contributed by atoms with E-state index in [4.69, 9.17) is 4.74 Å². The number of nitrogens with one attached hydrogen (secondary N) is 1. The third-order valence-corrected chi connectivity index (χ3v) is 3.38. The van der Waals surface area contributed by atoms with Crippen LogP contribution in [-0.2, 0) is 4.79 Å². The summed E-state index contributed by atoms with van der Waals surface area (Å²) in [6, 6.07) is 11.8. The Bertz CT molecular complexity index is 610. The maximum absolute atomic E-state index is 11.0. The van der Waals surface area contributed by atoms with Gasteiger partial charge in [-0.25, -0.2) is 0 Å². The first kappa shape index (κ1) is 14.3. The molecule has 0 aliphatic rings. The number of fused-ring (bicyclic) bond motifs is 1. The van der Waals surface area contributed by atoms with E-state index in [0.717, 1.165) is 22.1 Å². The quantitative estimate of drug-likeness (QED) is 0.876. The Kier molecular flexibility index (Phi) is 4.58. The zero-order valence-corrected chi connectivity index (χ0v) is 11.7. The average Bonchev–Trinajstić information content (AvgIpc) is 2.47. The summed E-state index contributed by atoms with van der Waals surface area (Å²) < 4.78 is 5.26. The number of aliphatic hydroxyl groups is 1. The molecule has 0 heterocycles. The first-order valence-electron chi connectivity index (χ1n) is 6.57. The summed E-state index contributed by atoms with van der Waals surface area (Å²) in [5.74, 6) is 0.553. The van der Waals surface area contributed by atoms with Crippen LogP contribution >= 0.6 is 0 Å². The van der Waals surface area contributed by atoms with Gasteiger partial charge >= 0.3 is 0 Å². The van der Waals surface area contributed by atoms with Gasteiger partial charge in [0.15, 0.2) is 0 Å². The molecule has 20 heavy (non-hydrogen) atoms. The van der Waals surface area contributed by atoms with Crippen molar-refractivity contribution in [3.8, 4) is 5.75 Å². The van der Waals surface area contributed by atoms with Crippen molar-refractivity contribution in [1.29, 1.82) is 0 Å². The lowest BCUT2D eigenvalue weighted by Crippen LogP contribution is -2.27. The SMILES string of the molecule is COc1ccc2cccc(C(CO)CNC(C)=O)c2c1. The molecule has 0 radical (unpaired) electrons. The summed E-state index contributed by atoms with van der Waals surface area (Å²) in [5.41, 5.74) is 1.01. The summed E-state index contributed by atoms with van der Waals surface area (Å²) in [7, 11) is 1.63. The number of carbonyl (C=O) groups excluding carboxylic acids is 1. The maximum Gasteiger partial charge on any atom is 0.216 e. The second-order valence-electron chi connectivity index (χ2n) is 4.75. The minimum absolute atomic E-state index is 0.0173. The highest BCUT2D eigenvalue weighted by Crippen LogP contribution is 2.28. The Morgan fingerprint density at radius 1 is 1.35 bits per heavy atom. The molecule has 0 fully saturated rings. The first-order valence-corrected chi connectivity index (χ1v) is 6.57. The highest BCUT2D eigenvalue weighted by molar-refractivity contribution is 5.87. The fourth-order valence-electron chi connectivity index (χ4n) is 2.30. The molecular formula is C16H19NO3. The van der Waals surface area contributed by atoms with Crippen LogP contribution in [0.3, 0.4) is 0 Å². The summed E-state index contributed by atoms with van der Waals surface area (Å²) in [6.07, 6.45) is 0. The average molecular weight is 273 g/mol. The van der Waals surface area contributed by atoms with Crippen LogP contribution in [-0.4, -0.2) is 31.3 Å². The predicted octanol–water partition coefficient (Wildman–Crippen LogP) is 2.06. The number of ether oxygens (including phenoxy) is 1. The fraction of sp³-hybridized carbons (Fsp3) is 0.312. The molecule has 0 aliphatic heterocycles. The van der Waals surface area contributed by atoms with Crippen molar-refractivity contribution in [1.82, 2.24) is 5.32 Å². The normalized spacial score (nSPS) is 12.2. The maximum atomic E-state index is 11.0. The van der Waals surface area contributed by atoms with E-state index in [-0.39, 0.29) is 18.4 Å². The van der Waals surface area contributed by atoms with Crippen molar-refractivity contribution >= 4 is 16.7 Å². The van der Waals surface area contributed by atoms with E-state index in [9.17, 15) is 9.90 Å². The van der Waals surface area contributed by atoms with Crippen LogP contribution in [0.1, 0.15) is 18.4 Å². The van der Waals surface area contributed by atoms with E-state index in [2.05, 4.69) is 5.32 Å². The van der Waals surface area contributed by atoms with E-state index in [1.807, 2.05) is 36.4 Å². The first-order chi connectivity index (χ1) is 9.65. The Labute approximate surface area is 118 Å². The molecular weight excluding hydrogens is 254 g/mol. The zero-order chi connectivity index (χ0) is 14.5. The lowest BCUT2D eigenvalue weighted by atomic mass is 9.93. The standard InChI is InChI=1S/C16H19NO3/c1-11(19)17-9-13(10-18)15-5-3-4-12-6-7-14(20-2)8-16(12)15/h3-8,13,18H,9-10H2,1-2H3,(H,17,19). The van der Waals surface area contributed by atoms with E-state index in [1.54, 1.807) is 7.11 Å². The van der Waals surface area contributed by atoms with E-state index >= 15 is 0 Å². The van der Waals surface area contributed by atoms with Crippen molar-refractivity contribution in [3.63, 3.8) is 0 Å². The number of aliphatic hydroxyl groups excluding tert-OH is 1. The van der Waals surface area contributed by atoms with Crippen LogP contribution in [0.5, 0.6) is 5.75 Å². The minimum atomic E-state index is -0.130. The predicted molar refractivity (Wildman–Crippen MR) is 79.0 cm³/mol. The number of benzene rings is 2. The van der Waals surface area contributed by atoms with Gasteiger partial charge in [0, 0.05) is 19.4 Å². The Hall–Kier alpha value is -2.07. The van der Waals surface area contributed by atoms with Crippen LogP contribution in [0.2, 0.25) is 0 Å². The molecule has 4 nitrogen and oxygen atoms in total. The largest absolute Gasteiger partial charge is 0.497 e. The van der Waals surface area contributed by atoms with Gasteiger partial charge in [-0.15, -0.1) is 0 Å². The molecule has 106 valence electrons. The van der Waals surface area contributed by atoms with Gasteiger partial charge in [0.05, 0.1) is 13.7 Å². The molecule has 0 aliphatic carbocycles. The molecule has 2 aromatic carbocycles. The third-order valence-electron chi connectivity index (χ3n) is 3.38. The van der Waals surface area contributed by atoms with Crippen molar-refractivity contribution in [2.45, 2.75) is 12.8 Å². The molecule has 2 aromatic rings. The van der Waals surface area contributed by atoms with Crippen LogP contribution in [0.25, 0.3) is 10.8 Å².